The third-order valence-corrected chi connectivity index (χ3v) is 4.89. The minimum Gasteiger partial charge on any atom is -0.457 e. The van der Waals surface area contributed by atoms with Crippen molar-refractivity contribution in [3.8, 4) is 23.0 Å². The molecule has 0 amide bonds. The number of rotatable bonds is 7. The first-order valence-electron chi connectivity index (χ1n) is 9.97. The molecule has 0 saturated carbocycles. The average molecular weight is 398 g/mol. The third-order valence-electron chi connectivity index (χ3n) is 4.89. The Morgan fingerprint density at radius 1 is 0.533 bits per heavy atom. The summed E-state index contributed by atoms with van der Waals surface area (Å²) in [7, 11) is 0. The van der Waals surface area contributed by atoms with Crippen LogP contribution in [0.2, 0.25) is 0 Å². The van der Waals surface area contributed by atoms with Crippen LogP contribution in [0.25, 0.3) is 0 Å². The van der Waals surface area contributed by atoms with E-state index in [0.717, 1.165) is 29.4 Å². The molecule has 0 atom stereocenters. The van der Waals surface area contributed by atoms with Gasteiger partial charge in [0.1, 0.15) is 23.0 Å². The summed E-state index contributed by atoms with van der Waals surface area (Å²) in [5, 5.41) is 0. The van der Waals surface area contributed by atoms with Crippen LogP contribution in [0.15, 0.2) is 109 Å². The Hall–Kier alpha value is -3.56. The van der Waals surface area contributed by atoms with Crippen LogP contribution in [0.4, 0.5) is 0 Å². The Labute approximate surface area is 178 Å². The molecule has 4 aromatic carbocycles. The van der Waals surface area contributed by atoms with Crippen LogP contribution in [0.3, 0.4) is 0 Å². The largest absolute Gasteiger partial charge is 0.457 e. The zero-order valence-corrected chi connectivity index (χ0v) is 17.2. The molecule has 0 unspecified atom stereocenters. The van der Waals surface area contributed by atoms with Crippen LogP contribution in [0.1, 0.15) is 30.4 Å². The summed E-state index contributed by atoms with van der Waals surface area (Å²) in [5.41, 5.74) is 2.47. The van der Waals surface area contributed by atoms with Gasteiger partial charge in [0.05, 0.1) is 0 Å². The van der Waals surface area contributed by atoms with E-state index < -0.39 is 0 Å². The SMILES string of the molecule is CCC(c1cccc(Oc2ccccc2)c1)c1cccc(Oc2ccccc2)c1.N. The standard InChI is InChI=1S/C27H24O2.H3N/c1-2-27(21-11-9-17-25(19-21)28-23-13-5-3-6-14-23)22-12-10-18-26(20-22)29-24-15-7-4-8-16-24;/h3-20,27H,2H2,1H3;1H3. The molecule has 0 radical (unpaired) electrons. The van der Waals surface area contributed by atoms with E-state index in [1.165, 1.54) is 11.1 Å². The van der Waals surface area contributed by atoms with Gasteiger partial charge in [0.25, 0.3) is 0 Å². The Kier molecular flexibility index (Phi) is 7.25. The first-order valence-corrected chi connectivity index (χ1v) is 9.97. The fraction of sp³-hybridized carbons (Fsp3) is 0.111. The van der Waals surface area contributed by atoms with Crippen molar-refractivity contribution >= 4 is 0 Å². The summed E-state index contributed by atoms with van der Waals surface area (Å²) >= 11 is 0. The first-order chi connectivity index (χ1) is 14.3. The monoisotopic (exact) mass is 397 g/mol. The van der Waals surface area contributed by atoms with Gasteiger partial charge in [-0.05, 0) is 66.1 Å². The van der Waals surface area contributed by atoms with E-state index in [2.05, 4.69) is 43.3 Å². The van der Waals surface area contributed by atoms with Gasteiger partial charge in [-0.25, -0.2) is 0 Å². The lowest BCUT2D eigenvalue weighted by Gasteiger charge is -2.18. The minimum absolute atomic E-state index is 0. The van der Waals surface area contributed by atoms with E-state index in [9.17, 15) is 0 Å². The molecule has 3 heteroatoms. The second kappa shape index (κ2) is 10.3. The first kappa shape index (κ1) is 21.2. The highest BCUT2D eigenvalue weighted by atomic mass is 16.5. The summed E-state index contributed by atoms with van der Waals surface area (Å²) < 4.78 is 12.1. The van der Waals surface area contributed by atoms with E-state index in [-0.39, 0.29) is 12.1 Å². The van der Waals surface area contributed by atoms with Crippen LogP contribution in [0.5, 0.6) is 23.0 Å². The maximum Gasteiger partial charge on any atom is 0.127 e. The Bertz CT molecular complexity index is 963. The molecule has 4 rings (SSSR count). The summed E-state index contributed by atoms with van der Waals surface area (Å²) in [6.45, 7) is 2.21. The minimum atomic E-state index is 0. The van der Waals surface area contributed by atoms with E-state index in [1.807, 2.05) is 72.8 Å². The van der Waals surface area contributed by atoms with Gasteiger partial charge in [-0.2, -0.15) is 0 Å². The number of hydrogen-bond acceptors (Lipinski definition) is 3. The predicted octanol–water partition coefficient (Wildman–Crippen LogP) is 7.98. The van der Waals surface area contributed by atoms with Gasteiger partial charge < -0.3 is 15.6 Å². The smallest absolute Gasteiger partial charge is 0.127 e. The average Bonchev–Trinajstić information content (AvgIpc) is 2.76. The van der Waals surface area contributed by atoms with E-state index in [4.69, 9.17) is 9.47 Å². The van der Waals surface area contributed by atoms with Crippen LogP contribution in [-0.4, -0.2) is 0 Å². The lowest BCUT2D eigenvalue weighted by Crippen LogP contribution is -2.00. The predicted molar refractivity (Wildman–Crippen MR) is 123 cm³/mol. The van der Waals surface area contributed by atoms with Crippen LogP contribution >= 0.6 is 0 Å². The molecule has 0 aliphatic heterocycles. The molecular weight excluding hydrogens is 370 g/mol. The number of ether oxygens (including phenoxy) is 2. The number of benzene rings is 4. The zero-order valence-electron chi connectivity index (χ0n) is 17.2. The van der Waals surface area contributed by atoms with Crippen molar-refractivity contribution in [3.05, 3.63) is 120 Å². The van der Waals surface area contributed by atoms with Crippen molar-refractivity contribution in [1.29, 1.82) is 0 Å². The molecule has 0 spiro atoms. The molecule has 30 heavy (non-hydrogen) atoms. The second-order valence-electron chi connectivity index (χ2n) is 6.94. The van der Waals surface area contributed by atoms with Crippen molar-refractivity contribution in [3.63, 3.8) is 0 Å². The molecular formula is C27H27NO2. The lowest BCUT2D eigenvalue weighted by atomic mass is 9.89. The molecule has 0 saturated heterocycles. The summed E-state index contributed by atoms with van der Waals surface area (Å²) in [6.07, 6.45) is 0.990. The van der Waals surface area contributed by atoms with Gasteiger partial charge in [-0.3, -0.25) is 0 Å². The molecule has 0 fully saturated rings. The lowest BCUT2D eigenvalue weighted by molar-refractivity contribution is 0.480. The third kappa shape index (κ3) is 5.28. The Morgan fingerprint density at radius 2 is 0.933 bits per heavy atom. The van der Waals surface area contributed by atoms with Crippen LogP contribution in [-0.2, 0) is 0 Å². The van der Waals surface area contributed by atoms with Gasteiger partial charge in [0.2, 0.25) is 0 Å². The molecule has 0 bridgehead atoms. The highest BCUT2D eigenvalue weighted by Crippen LogP contribution is 2.33. The van der Waals surface area contributed by atoms with E-state index in [1.54, 1.807) is 0 Å². The quantitative estimate of drug-likeness (QED) is 0.344. The summed E-state index contributed by atoms with van der Waals surface area (Å²) in [5.74, 6) is 3.66. The molecule has 3 N–H and O–H groups in total. The topological polar surface area (TPSA) is 53.5 Å². The second-order valence-corrected chi connectivity index (χ2v) is 6.94. The van der Waals surface area contributed by atoms with Crippen molar-refractivity contribution in [2.45, 2.75) is 19.3 Å². The fourth-order valence-corrected chi connectivity index (χ4v) is 3.50. The maximum atomic E-state index is 6.03. The number of hydrogen-bond donors (Lipinski definition) is 1. The normalized spacial score (nSPS) is 10.3. The van der Waals surface area contributed by atoms with Gasteiger partial charge in [-0.15, -0.1) is 0 Å². The van der Waals surface area contributed by atoms with Gasteiger partial charge in [-0.1, -0.05) is 67.6 Å². The molecule has 0 aromatic heterocycles. The fourth-order valence-electron chi connectivity index (χ4n) is 3.50. The molecule has 0 aliphatic carbocycles. The van der Waals surface area contributed by atoms with E-state index >= 15 is 0 Å². The molecule has 4 aromatic rings. The van der Waals surface area contributed by atoms with Gasteiger partial charge >= 0.3 is 0 Å². The Morgan fingerprint density at radius 3 is 1.33 bits per heavy atom. The number of para-hydroxylation sites is 2. The highest BCUT2D eigenvalue weighted by Gasteiger charge is 2.14. The molecule has 152 valence electrons. The van der Waals surface area contributed by atoms with E-state index in [0.29, 0.717) is 0 Å². The highest BCUT2D eigenvalue weighted by molar-refractivity contribution is 5.42. The summed E-state index contributed by atoms with van der Waals surface area (Å²) in [4.78, 5) is 0. The van der Waals surface area contributed by atoms with Crippen LogP contribution < -0.4 is 15.6 Å². The van der Waals surface area contributed by atoms with Crippen molar-refractivity contribution in [2.75, 3.05) is 0 Å². The van der Waals surface area contributed by atoms with Crippen molar-refractivity contribution < 1.29 is 9.47 Å². The molecule has 0 aliphatic rings. The molecule has 0 heterocycles. The van der Waals surface area contributed by atoms with Crippen LogP contribution in [0, 0.1) is 0 Å². The zero-order chi connectivity index (χ0) is 19.9. The van der Waals surface area contributed by atoms with Gasteiger partial charge in [0, 0.05) is 5.92 Å². The Balaban J connectivity index is 0.00000256. The van der Waals surface area contributed by atoms with Crippen molar-refractivity contribution in [1.82, 2.24) is 6.15 Å². The van der Waals surface area contributed by atoms with Crippen molar-refractivity contribution in [2.24, 2.45) is 0 Å². The summed E-state index contributed by atoms with van der Waals surface area (Å²) in [6, 6.07) is 36.5. The van der Waals surface area contributed by atoms with Gasteiger partial charge in [0.15, 0.2) is 0 Å². The molecule has 3 nitrogen and oxygen atoms in total. The maximum absolute atomic E-state index is 6.03.